The number of hydrogen-bond donors (Lipinski definition) is 0. The second-order valence-electron chi connectivity index (χ2n) is 6.57. The molecule has 0 fully saturated rings. The van der Waals surface area contributed by atoms with Crippen molar-refractivity contribution in [3.8, 4) is 5.75 Å². The first-order valence-electron chi connectivity index (χ1n) is 9.80. The van der Waals surface area contributed by atoms with Crippen molar-refractivity contribution in [1.29, 1.82) is 0 Å². The SMILES string of the molecule is C=CCn1c(CSc2ccccc2)nnc1SCCCCOc1ccccc1C. The maximum atomic E-state index is 5.87. The van der Waals surface area contributed by atoms with E-state index in [-0.39, 0.29) is 0 Å². The number of ether oxygens (including phenoxy) is 1. The number of unbranched alkanes of at least 4 members (excludes halogenated alkanes) is 1. The molecular weight excluding hydrogens is 398 g/mol. The minimum atomic E-state index is 0.733. The van der Waals surface area contributed by atoms with Crippen LogP contribution in [0.4, 0.5) is 0 Å². The fourth-order valence-corrected chi connectivity index (χ4v) is 4.60. The number of thioether (sulfide) groups is 2. The van der Waals surface area contributed by atoms with Gasteiger partial charge in [-0.05, 0) is 43.5 Å². The largest absolute Gasteiger partial charge is 0.493 e. The maximum absolute atomic E-state index is 5.87. The summed E-state index contributed by atoms with van der Waals surface area (Å²) in [6.45, 7) is 7.43. The molecule has 1 heterocycles. The number of rotatable bonds is 12. The van der Waals surface area contributed by atoms with Crippen LogP contribution in [0.2, 0.25) is 0 Å². The van der Waals surface area contributed by atoms with E-state index in [2.05, 4.69) is 58.6 Å². The van der Waals surface area contributed by atoms with Crippen LogP contribution >= 0.6 is 23.5 Å². The van der Waals surface area contributed by atoms with Gasteiger partial charge in [-0.1, -0.05) is 54.2 Å². The Labute approximate surface area is 181 Å². The molecule has 6 heteroatoms. The van der Waals surface area contributed by atoms with E-state index in [0.717, 1.165) is 54.2 Å². The monoisotopic (exact) mass is 425 g/mol. The van der Waals surface area contributed by atoms with Gasteiger partial charge in [0.15, 0.2) is 5.16 Å². The van der Waals surface area contributed by atoms with E-state index < -0.39 is 0 Å². The molecule has 2 aromatic carbocycles. The van der Waals surface area contributed by atoms with Crippen LogP contribution in [0.25, 0.3) is 0 Å². The van der Waals surface area contributed by atoms with Gasteiger partial charge >= 0.3 is 0 Å². The smallest absolute Gasteiger partial charge is 0.191 e. The summed E-state index contributed by atoms with van der Waals surface area (Å²) < 4.78 is 8.04. The number of allylic oxidation sites excluding steroid dienone is 1. The van der Waals surface area contributed by atoms with Crippen molar-refractivity contribution < 1.29 is 4.74 Å². The van der Waals surface area contributed by atoms with Crippen molar-refractivity contribution >= 4 is 23.5 Å². The lowest BCUT2D eigenvalue weighted by Gasteiger charge is -2.09. The summed E-state index contributed by atoms with van der Waals surface area (Å²) in [5, 5.41) is 9.79. The van der Waals surface area contributed by atoms with Gasteiger partial charge in [0, 0.05) is 17.2 Å². The van der Waals surface area contributed by atoms with Crippen molar-refractivity contribution in [3.05, 3.63) is 78.6 Å². The van der Waals surface area contributed by atoms with Gasteiger partial charge in [0.25, 0.3) is 0 Å². The van der Waals surface area contributed by atoms with Crippen molar-refractivity contribution in [3.63, 3.8) is 0 Å². The quantitative estimate of drug-likeness (QED) is 0.202. The highest BCUT2D eigenvalue weighted by Gasteiger charge is 2.12. The maximum Gasteiger partial charge on any atom is 0.191 e. The Kier molecular flexibility index (Phi) is 8.71. The lowest BCUT2D eigenvalue weighted by molar-refractivity contribution is 0.308. The van der Waals surface area contributed by atoms with Crippen LogP contribution in [-0.2, 0) is 12.3 Å². The van der Waals surface area contributed by atoms with Gasteiger partial charge in [-0.3, -0.25) is 0 Å². The predicted molar refractivity (Wildman–Crippen MR) is 123 cm³/mol. The first kappa shape index (κ1) is 21.5. The topological polar surface area (TPSA) is 39.9 Å². The van der Waals surface area contributed by atoms with Crippen molar-refractivity contribution in [2.24, 2.45) is 0 Å². The molecule has 1 aromatic heterocycles. The van der Waals surface area contributed by atoms with Crippen LogP contribution in [-0.4, -0.2) is 27.1 Å². The summed E-state index contributed by atoms with van der Waals surface area (Å²) >= 11 is 3.53. The third-order valence-electron chi connectivity index (χ3n) is 4.34. The van der Waals surface area contributed by atoms with Gasteiger partial charge in [-0.15, -0.1) is 28.5 Å². The third-order valence-corrected chi connectivity index (χ3v) is 6.40. The number of aryl methyl sites for hydroxylation is 1. The molecule has 3 rings (SSSR count). The Morgan fingerprint density at radius 3 is 2.59 bits per heavy atom. The molecule has 0 radical (unpaired) electrons. The minimum Gasteiger partial charge on any atom is -0.493 e. The average Bonchev–Trinajstić information content (AvgIpc) is 3.13. The second-order valence-corrected chi connectivity index (χ2v) is 8.68. The van der Waals surface area contributed by atoms with Crippen LogP contribution in [0, 0.1) is 6.92 Å². The van der Waals surface area contributed by atoms with Crippen LogP contribution in [0.3, 0.4) is 0 Å². The number of nitrogens with zero attached hydrogens (tertiary/aromatic N) is 3. The summed E-state index contributed by atoms with van der Waals surface area (Å²) in [5.41, 5.74) is 1.18. The summed E-state index contributed by atoms with van der Waals surface area (Å²) in [6.07, 6.45) is 4.00. The Morgan fingerprint density at radius 2 is 1.79 bits per heavy atom. The lowest BCUT2D eigenvalue weighted by Crippen LogP contribution is -2.03. The molecule has 0 saturated heterocycles. The number of para-hydroxylation sites is 1. The highest BCUT2D eigenvalue weighted by Crippen LogP contribution is 2.25. The number of aromatic nitrogens is 3. The van der Waals surface area contributed by atoms with Gasteiger partial charge in [-0.2, -0.15) is 0 Å². The molecule has 0 N–H and O–H groups in total. The Bertz CT molecular complexity index is 896. The Morgan fingerprint density at radius 1 is 1.00 bits per heavy atom. The predicted octanol–water partition coefficient (Wildman–Crippen LogP) is 6.02. The molecule has 0 spiro atoms. The summed E-state index contributed by atoms with van der Waals surface area (Å²) in [4.78, 5) is 1.24. The highest BCUT2D eigenvalue weighted by molar-refractivity contribution is 7.99. The van der Waals surface area contributed by atoms with E-state index in [1.807, 2.05) is 30.3 Å². The molecule has 0 saturated carbocycles. The van der Waals surface area contributed by atoms with Gasteiger partial charge < -0.3 is 9.30 Å². The Balaban J connectivity index is 1.44. The van der Waals surface area contributed by atoms with Crippen molar-refractivity contribution in [2.45, 2.75) is 42.1 Å². The molecule has 4 nitrogen and oxygen atoms in total. The standard InChI is InChI=1S/C23H27N3OS2/c1-3-15-26-22(18-29-20-12-5-4-6-13-20)24-25-23(26)28-17-10-9-16-27-21-14-8-7-11-19(21)2/h3-8,11-14H,1,9-10,15-18H2,2H3. The molecule has 0 atom stereocenters. The summed E-state index contributed by atoms with van der Waals surface area (Å²) in [7, 11) is 0. The molecular formula is C23H27N3OS2. The summed E-state index contributed by atoms with van der Waals surface area (Å²) in [5.74, 6) is 3.77. The van der Waals surface area contributed by atoms with E-state index in [1.165, 1.54) is 10.5 Å². The fraction of sp³-hybridized carbons (Fsp3) is 0.304. The molecule has 0 bridgehead atoms. The zero-order valence-electron chi connectivity index (χ0n) is 16.8. The minimum absolute atomic E-state index is 0.733. The van der Waals surface area contributed by atoms with Gasteiger partial charge in [-0.25, -0.2) is 0 Å². The van der Waals surface area contributed by atoms with E-state index in [0.29, 0.717) is 0 Å². The molecule has 0 aliphatic heterocycles. The molecule has 29 heavy (non-hydrogen) atoms. The average molecular weight is 426 g/mol. The van der Waals surface area contributed by atoms with Gasteiger partial charge in [0.05, 0.1) is 12.4 Å². The second kappa shape index (κ2) is 11.7. The van der Waals surface area contributed by atoms with E-state index in [9.17, 15) is 0 Å². The van der Waals surface area contributed by atoms with Crippen LogP contribution in [0.1, 0.15) is 24.2 Å². The van der Waals surface area contributed by atoms with Crippen molar-refractivity contribution in [1.82, 2.24) is 14.8 Å². The first-order valence-corrected chi connectivity index (χ1v) is 11.8. The zero-order chi connectivity index (χ0) is 20.3. The van der Waals surface area contributed by atoms with Gasteiger partial charge in [0.1, 0.15) is 11.6 Å². The molecule has 0 aliphatic rings. The molecule has 152 valence electrons. The normalized spacial score (nSPS) is 10.8. The van der Waals surface area contributed by atoms with Crippen LogP contribution in [0.5, 0.6) is 5.75 Å². The highest BCUT2D eigenvalue weighted by atomic mass is 32.2. The molecule has 0 unspecified atom stereocenters. The third kappa shape index (κ3) is 6.68. The zero-order valence-corrected chi connectivity index (χ0v) is 18.4. The van der Waals surface area contributed by atoms with Crippen LogP contribution in [0.15, 0.2) is 77.3 Å². The van der Waals surface area contributed by atoms with E-state index >= 15 is 0 Å². The number of benzene rings is 2. The molecule has 0 aliphatic carbocycles. The molecule has 3 aromatic rings. The Hall–Kier alpha value is -2.18. The first-order chi connectivity index (χ1) is 14.3. The summed E-state index contributed by atoms with van der Waals surface area (Å²) in [6, 6.07) is 18.5. The lowest BCUT2D eigenvalue weighted by atomic mass is 10.2. The fourth-order valence-electron chi connectivity index (χ4n) is 2.78. The number of hydrogen-bond acceptors (Lipinski definition) is 5. The van der Waals surface area contributed by atoms with Crippen LogP contribution < -0.4 is 4.74 Å². The van der Waals surface area contributed by atoms with E-state index in [4.69, 9.17) is 4.74 Å². The molecule has 0 amide bonds. The van der Waals surface area contributed by atoms with E-state index in [1.54, 1.807) is 23.5 Å². The van der Waals surface area contributed by atoms with Gasteiger partial charge in [0.2, 0.25) is 0 Å². The van der Waals surface area contributed by atoms with Crippen molar-refractivity contribution in [2.75, 3.05) is 12.4 Å².